The third kappa shape index (κ3) is 3.26. The van der Waals surface area contributed by atoms with Crippen molar-refractivity contribution in [3.05, 3.63) is 54.2 Å². The van der Waals surface area contributed by atoms with Gasteiger partial charge >= 0.3 is 0 Å². The van der Waals surface area contributed by atoms with Crippen LogP contribution >= 0.6 is 0 Å². The van der Waals surface area contributed by atoms with Gasteiger partial charge in [0.1, 0.15) is 11.6 Å². The summed E-state index contributed by atoms with van der Waals surface area (Å²) in [6, 6.07) is 10.8. The molecule has 4 nitrogen and oxygen atoms in total. The molecule has 2 aliphatic rings. The van der Waals surface area contributed by atoms with Crippen LogP contribution in [-0.2, 0) is 11.3 Å². The van der Waals surface area contributed by atoms with Crippen LogP contribution in [0.2, 0.25) is 0 Å². The summed E-state index contributed by atoms with van der Waals surface area (Å²) in [6.45, 7) is 3.45. The summed E-state index contributed by atoms with van der Waals surface area (Å²) in [7, 11) is 0. The van der Waals surface area contributed by atoms with Crippen LogP contribution in [0.25, 0.3) is 0 Å². The number of likely N-dealkylation sites (tertiary alicyclic amines) is 1. The molecular weight excluding hydrogens is 295 g/mol. The Morgan fingerprint density at radius 3 is 3.09 bits per heavy atom. The molecule has 122 valence electrons. The summed E-state index contributed by atoms with van der Waals surface area (Å²) in [4.78, 5) is 2.38. The molecule has 2 aromatic rings. The molecule has 23 heavy (non-hydrogen) atoms. The van der Waals surface area contributed by atoms with Crippen molar-refractivity contribution < 1.29 is 13.5 Å². The van der Waals surface area contributed by atoms with Gasteiger partial charge in [0.25, 0.3) is 0 Å². The van der Waals surface area contributed by atoms with E-state index in [0.717, 1.165) is 43.9 Å². The molecule has 1 aromatic carbocycles. The second-order valence-corrected chi connectivity index (χ2v) is 6.59. The molecular formula is C18H21FN2O2. The van der Waals surface area contributed by atoms with Crippen LogP contribution in [0.4, 0.5) is 10.1 Å². The van der Waals surface area contributed by atoms with Crippen LogP contribution in [0.5, 0.6) is 0 Å². The Hall–Kier alpha value is -1.85. The van der Waals surface area contributed by atoms with Crippen LogP contribution in [0.3, 0.4) is 0 Å². The lowest BCUT2D eigenvalue weighted by atomic mass is 9.97. The number of furan rings is 1. The Morgan fingerprint density at radius 1 is 1.30 bits per heavy atom. The van der Waals surface area contributed by atoms with Gasteiger partial charge in [0.05, 0.1) is 31.1 Å². The fourth-order valence-corrected chi connectivity index (χ4v) is 3.72. The third-order valence-corrected chi connectivity index (χ3v) is 4.76. The Balaban J connectivity index is 1.34. The Bertz CT molecular complexity index is 661. The molecule has 0 bridgehead atoms. The average molecular weight is 316 g/mol. The normalized spacial score (nSPS) is 27.8. The lowest BCUT2D eigenvalue weighted by molar-refractivity contribution is 0.0115. The van der Waals surface area contributed by atoms with E-state index in [1.165, 1.54) is 12.1 Å². The number of ether oxygens (including phenoxy) is 1. The van der Waals surface area contributed by atoms with E-state index in [2.05, 4.69) is 10.2 Å². The highest BCUT2D eigenvalue weighted by Crippen LogP contribution is 2.36. The summed E-state index contributed by atoms with van der Waals surface area (Å²) in [6.07, 6.45) is 3.71. The fourth-order valence-electron chi connectivity index (χ4n) is 3.72. The summed E-state index contributed by atoms with van der Waals surface area (Å²) in [5.74, 6) is 0.781. The lowest BCUT2D eigenvalue weighted by Gasteiger charge is -2.23. The number of benzene rings is 1. The van der Waals surface area contributed by atoms with Gasteiger partial charge in [0.2, 0.25) is 0 Å². The average Bonchev–Trinajstić information content (AvgIpc) is 3.24. The number of hydrogen-bond donors (Lipinski definition) is 1. The Kier molecular flexibility index (Phi) is 3.83. The van der Waals surface area contributed by atoms with Crippen LogP contribution in [0.15, 0.2) is 47.1 Å². The number of hydrogen-bond acceptors (Lipinski definition) is 4. The molecule has 5 heteroatoms. The topological polar surface area (TPSA) is 37.6 Å². The first kappa shape index (κ1) is 14.7. The van der Waals surface area contributed by atoms with E-state index in [9.17, 15) is 4.39 Å². The zero-order chi connectivity index (χ0) is 15.7. The van der Waals surface area contributed by atoms with Crippen molar-refractivity contribution >= 4 is 5.69 Å². The number of rotatable bonds is 4. The molecule has 4 rings (SSSR count). The molecule has 0 amide bonds. The van der Waals surface area contributed by atoms with Crippen LogP contribution in [0, 0.1) is 5.82 Å². The lowest BCUT2D eigenvalue weighted by Crippen LogP contribution is -2.33. The summed E-state index contributed by atoms with van der Waals surface area (Å²) in [5, 5.41) is 3.39. The third-order valence-electron chi connectivity index (χ3n) is 4.76. The van der Waals surface area contributed by atoms with Crippen molar-refractivity contribution in [2.45, 2.75) is 31.0 Å². The Labute approximate surface area is 135 Å². The van der Waals surface area contributed by atoms with E-state index in [1.807, 2.05) is 18.2 Å². The summed E-state index contributed by atoms with van der Waals surface area (Å²) in [5.41, 5.74) is 0.749. The smallest absolute Gasteiger partial charge is 0.125 e. The highest BCUT2D eigenvalue weighted by atomic mass is 19.1. The molecule has 1 N–H and O–H groups in total. The second-order valence-electron chi connectivity index (χ2n) is 6.59. The quantitative estimate of drug-likeness (QED) is 0.939. The van der Waals surface area contributed by atoms with Gasteiger partial charge in [0, 0.05) is 25.2 Å². The van der Waals surface area contributed by atoms with Gasteiger partial charge in [-0.1, -0.05) is 6.07 Å². The number of anilines is 1. The SMILES string of the molecule is Fc1cccc(N[C@@H]2CO[C@@]3(CCN(Cc4ccco4)C3)C2)c1. The van der Waals surface area contributed by atoms with Gasteiger partial charge in [-0.2, -0.15) is 0 Å². The molecule has 0 saturated carbocycles. The van der Waals surface area contributed by atoms with E-state index in [1.54, 1.807) is 12.3 Å². The minimum Gasteiger partial charge on any atom is -0.468 e. The van der Waals surface area contributed by atoms with E-state index < -0.39 is 0 Å². The maximum Gasteiger partial charge on any atom is 0.125 e. The highest BCUT2D eigenvalue weighted by molar-refractivity contribution is 5.44. The Morgan fingerprint density at radius 2 is 2.26 bits per heavy atom. The van der Waals surface area contributed by atoms with Gasteiger partial charge in [-0.05, 0) is 36.8 Å². The fraction of sp³-hybridized carbons (Fsp3) is 0.444. The maximum atomic E-state index is 13.3. The predicted octanol–water partition coefficient (Wildman–Crippen LogP) is 3.26. The van der Waals surface area contributed by atoms with Crippen molar-refractivity contribution in [2.75, 3.05) is 25.0 Å². The molecule has 0 aliphatic carbocycles. The first-order valence-corrected chi connectivity index (χ1v) is 8.12. The molecule has 3 heterocycles. The van der Waals surface area contributed by atoms with Gasteiger partial charge in [-0.3, -0.25) is 4.90 Å². The molecule has 0 unspecified atom stereocenters. The molecule has 1 aromatic heterocycles. The van der Waals surface area contributed by atoms with Gasteiger partial charge < -0.3 is 14.5 Å². The predicted molar refractivity (Wildman–Crippen MR) is 85.7 cm³/mol. The monoisotopic (exact) mass is 316 g/mol. The first-order valence-electron chi connectivity index (χ1n) is 8.12. The standard InChI is InChI=1S/C18H21FN2O2/c19-14-3-1-4-15(9-14)20-16-10-18(23-12-16)6-7-21(13-18)11-17-5-2-8-22-17/h1-5,8-9,16,20H,6-7,10-13H2/t16-,18-/m0/s1. The first-order chi connectivity index (χ1) is 11.2. The largest absolute Gasteiger partial charge is 0.468 e. The number of halogens is 1. The molecule has 2 atom stereocenters. The molecule has 2 aliphatic heterocycles. The summed E-state index contributed by atoms with van der Waals surface area (Å²) < 4.78 is 24.8. The molecule has 2 fully saturated rings. The van der Waals surface area contributed by atoms with Crippen molar-refractivity contribution in [3.63, 3.8) is 0 Å². The number of nitrogens with one attached hydrogen (secondary N) is 1. The second kappa shape index (κ2) is 5.98. The summed E-state index contributed by atoms with van der Waals surface area (Å²) >= 11 is 0. The van der Waals surface area contributed by atoms with Crippen LogP contribution < -0.4 is 5.32 Å². The number of nitrogens with zero attached hydrogens (tertiary/aromatic N) is 1. The minimum atomic E-state index is -0.214. The van der Waals surface area contributed by atoms with E-state index in [4.69, 9.17) is 9.15 Å². The van der Waals surface area contributed by atoms with Crippen molar-refractivity contribution in [1.29, 1.82) is 0 Å². The maximum absolute atomic E-state index is 13.3. The molecule has 0 radical (unpaired) electrons. The van der Waals surface area contributed by atoms with Gasteiger partial charge in [0.15, 0.2) is 0 Å². The van der Waals surface area contributed by atoms with Gasteiger partial charge in [-0.15, -0.1) is 0 Å². The van der Waals surface area contributed by atoms with E-state index in [-0.39, 0.29) is 17.5 Å². The highest BCUT2D eigenvalue weighted by Gasteiger charge is 2.45. The van der Waals surface area contributed by atoms with E-state index >= 15 is 0 Å². The van der Waals surface area contributed by atoms with Crippen molar-refractivity contribution in [1.82, 2.24) is 4.90 Å². The van der Waals surface area contributed by atoms with Crippen LogP contribution in [0.1, 0.15) is 18.6 Å². The van der Waals surface area contributed by atoms with Gasteiger partial charge in [-0.25, -0.2) is 4.39 Å². The molecule has 1 spiro atoms. The molecule has 2 saturated heterocycles. The van der Waals surface area contributed by atoms with Crippen molar-refractivity contribution in [3.8, 4) is 0 Å². The van der Waals surface area contributed by atoms with Crippen LogP contribution in [-0.4, -0.2) is 36.2 Å². The zero-order valence-corrected chi connectivity index (χ0v) is 13.0. The van der Waals surface area contributed by atoms with E-state index in [0.29, 0.717) is 6.61 Å². The zero-order valence-electron chi connectivity index (χ0n) is 13.0. The minimum absolute atomic E-state index is 0.0718. The van der Waals surface area contributed by atoms with Crippen molar-refractivity contribution in [2.24, 2.45) is 0 Å².